The minimum atomic E-state index is -3.86. The van der Waals surface area contributed by atoms with E-state index >= 15 is 0 Å². The van der Waals surface area contributed by atoms with Crippen LogP contribution in [0.25, 0.3) is 0 Å². The monoisotopic (exact) mass is 450 g/mol. The van der Waals surface area contributed by atoms with Gasteiger partial charge < -0.3 is 14.8 Å². The number of ether oxygens (including phenoxy) is 2. The maximum Gasteiger partial charge on any atom is 0.258 e. The van der Waals surface area contributed by atoms with Crippen LogP contribution in [0.4, 0.5) is 10.1 Å². The van der Waals surface area contributed by atoms with Crippen molar-refractivity contribution in [3.63, 3.8) is 0 Å². The summed E-state index contributed by atoms with van der Waals surface area (Å²) in [6.07, 6.45) is 0.950. The molecule has 0 bridgehead atoms. The van der Waals surface area contributed by atoms with Gasteiger partial charge in [-0.05, 0) is 48.6 Å². The number of carbonyl (C=O) groups excluding carboxylic acids is 1. The highest BCUT2D eigenvalue weighted by Gasteiger charge is 2.32. The van der Waals surface area contributed by atoms with Crippen LogP contribution in [0.5, 0.6) is 11.5 Å². The van der Waals surface area contributed by atoms with E-state index in [1.165, 1.54) is 30.7 Å². The van der Waals surface area contributed by atoms with Crippen LogP contribution < -0.4 is 14.8 Å². The van der Waals surface area contributed by atoms with Crippen molar-refractivity contribution in [2.45, 2.75) is 25.2 Å². The molecule has 0 aliphatic carbocycles. The average Bonchev–Trinajstić information content (AvgIpc) is 2.73. The Morgan fingerprint density at radius 3 is 2.35 bits per heavy atom. The summed E-state index contributed by atoms with van der Waals surface area (Å²) in [6, 6.07) is 8.06. The Morgan fingerprint density at radius 1 is 1.06 bits per heavy atom. The maximum atomic E-state index is 14.5. The molecule has 2 aromatic carbocycles. The van der Waals surface area contributed by atoms with Gasteiger partial charge in [0.1, 0.15) is 17.3 Å². The van der Waals surface area contributed by atoms with Crippen molar-refractivity contribution in [1.29, 1.82) is 0 Å². The van der Waals surface area contributed by atoms with Crippen molar-refractivity contribution in [3.8, 4) is 11.5 Å². The highest BCUT2D eigenvalue weighted by Crippen LogP contribution is 2.31. The topological polar surface area (TPSA) is 84.9 Å². The summed E-state index contributed by atoms with van der Waals surface area (Å²) in [5, 5.41) is 2.57. The van der Waals surface area contributed by atoms with Crippen LogP contribution in [0, 0.1) is 17.7 Å². The number of benzene rings is 2. The number of nitrogens with zero attached hydrogens (tertiary/aromatic N) is 1. The zero-order valence-corrected chi connectivity index (χ0v) is 18.8. The summed E-state index contributed by atoms with van der Waals surface area (Å²) in [5.74, 6) is -0.333. The molecule has 31 heavy (non-hydrogen) atoms. The molecule has 0 aromatic heterocycles. The molecule has 0 radical (unpaired) electrons. The molecule has 1 aliphatic rings. The van der Waals surface area contributed by atoms with Gasteiger partial charge >= 0.3 is 0 Å². The molecule has 1 fully saturated rings. The number of halogens is 1. The Hall–Kier alpha value is -2.65. The quantitative estimate of drug-likeness (QED) is 0.724. The lowest BCUT2D eigenvalue weighted by Gasteiger charge is -2.34. The van der Waals surface area contributed by atoms with Crippen molar-refractivity contribution >= 4 is 21.6 Å². The van der Waals surface area contributed by atoms with Gasteiger partial charge in [-0.25, -0.2) is 12.8 Å². The fourth-order valence-corrected chi connectivity index (χ4v) is 5.60. The molecular formula is C22H27FN2O5S. The third-order valence-corrected chi connectivity index (χ3v) is 7.14. The highest BCUT2D eigenvalue weighted by atomic mass is 32.2. The molecule has 2 aromatic rings. The number of sulfonamides is 1. The molecule has 0 saturated carbocycles. The number of carbonyl (C=O) groups is 1. The summed E-state index contributed by atoms with van der Waals surface area (Å²) in [6.45, 7) is 4.80. The third kappa shape index (κ3) is 4.99. The van der Waals surface area contributed by atoms with Gasteiger partial charge in [-0.1, -0.05) is 13.8 Å². The first-order valence-corrected chi connectivity index (χ1v) is 11.4. The second-order valence-electron chi connectivity index (χ2n) is 7.93. The number of rotatable bonds is 6. The number of hydrogen-bond donors (Lipinski definition) is 1. The highest BCUT2D eigenvalue weighted by molar-refractivity contribution is 7.89. The largest absolute Gasteiger partial charge is 0.497 e. The molecule has 3 rings (SSSR count). The standard InChI is InChI=1S/C22H27FN2O5S/c1-14-9-15(2)13-25(12-14)31(27,28)17-6-7-19(23)18(11-17)22(26)24-20-10-16(29-3)5-8-21(20)30-4/h5-8,10-11,14-15H,9,12-13H2,1-4H3,(H,24,26)/t14-,15-/m0/s1. The predicted octanol–water partition coefficient (Wildman–Crippen LogP) is 3.76. The molecule has 0 spiro atoms. The van der Waals surface area contributed by atoms with E-state index in [4.69, 9.17) is 9.47 Å². The number of anilines is 1. The normalized spacial score (nSPS) is 19.6. The smallest absolute Gasteiger partial charge is 0.258 e. The molecule has 1 N–H and O–H groups in total. The van der Waals surface area contributed by atoms with Gasteiger partial charge in [0.25, 0.3) is 5.91 Å². The number of amides is 1. The van der Waals surface area contributed by atoms with E-state index in [2.05, 4.69) is 5.32 Å². The van der Waals surface area contributed by atoms with Gasteiger partial charge in [0.05, 0.1) is 30.4 Å². The Morgan fingerprint density at radius 2 is 1.74 bits per heavy atom. The minimum Gasteiger partial charge on any atom is -0.497 e. The van der Waals surface area contributed by atoms with E-state index in [1.807, 2.05) is 13.8 Å². The molecule has 2 atom stereocenters. The van der Waals surface area contributed by atoms with Crippen LogP contribution in [-0.2, 0) is 10.0 Å². The lowest BCUT2D eigenvalue weighted by atomic mass is 9.94. The van der Waals surface area contributed by atoms with Crippen LogP contribution in [0.1, 0.15) is 30.6 Å². The number of piperidine rings is 1. The third-order valence-electron chi connectivity index (χ3n) is 5.31. The van der Waals surface area contributed by atoms with Gasteiger partial charge in [-0.3, -0.25) is 4.79 Å². The first-order chi connectivity index (χ1) is 14.6. The average molecular weight is 451 g/mol. The Balaban J connectivity index is 1.92. The van der Waals surface area contributed by atoms with Crippen LogP contribution in [0.3, 0.4) is 0 Å². The van der Waals surface area contributed by atoms with E-state index in [0.29, 0.717) is 24.6 Å². The van der Waals surface area contributed by atoms with E-state index in [-0.39, 0.29) is 28.0 Å². The van der Waals surface area contributed by atoms with Gasteiger partial charge in [0.15, 0.2) is 0 Å². The van der Waals surface area contributed by atoms with E-state index in [1.54, 1.807) is 12.1 Å². The van der Waals surface area contributed by atoms with Gasteiger partial charge in [-0.15, -0.1) is 0 Å². The molecule has 1 heterocycles. The number of methoxy groups -OCH3 is 2. The lowest BCUT2D eigenvalue weighted by molar-refractivity contribution is 0.102. The summed E-state index contributed by atoms with van der Waals surface area (Å²) in [7, 11) is -0.943. The van der Waals surface area contributed by atoms with Gasteiger partial charge in [-0.2, -0.15) is 4.31 Å². The van der Waals surface area contributed by atoms with E-state index in [0.717, 1.165) is 18.6 Å². The molecule has 1 saturated heterocycles. The zero-order valence-electron chi connectivity index (χ0n) is 18.0. The second-order valence-corrected chi connectivity index (χ2v) is 9.87. The van der Waals surface area contributed by atoms with Crippen molar-refractivity contribution in [2.24, 2.45) is 11.8 Å². The van der Waals surface area contributed by atoms with Gasteiger partial charge in [0.2, 0.25) is 10.0 Å². The Labute approximate surface area is 182 Å². The molecule has 7 nitrogen and oxygen atoms in total. The van der Waals surface area contributed by atoms with Crippen LogP contribution >= 0.6 is 0 Å². The van der Waals surface area contributed by atoms with Crippen LogP contribution in [0.15, 0.2) is 41.3 Å². The minimum absolute atomic E-state index is 0.113. The summed E-state index contributed by atoms with van der Waals surface area (Å²) >= 11 is 0. The van der Waals surface area contributed by atoms with Crippen LogP contribution in [0.2, 0.25) is 0 Å². The van der Waals surface area contributed by atoms with Crippen LogP contribution in [-0.4, -0.2) is 45.9 Å². The second kappa shape index (κ2) is 9.23. The maximum absolute atomic E-state index is 14.5. The number of nitrogens with one attached hydrogen (secondary N) is 1. The first-order valence-electron chi connectivity index (χ1n) is 9.98. The Bertz CT molecular complexity index is 1060. The van der Waals surface area contributed by atoms with Crippen molar-refractivity contribution in [3.05, 3.63) is 47.8 Å². The van der Waals surface area contributed by atoms with Crippen molar-refractivity contribution in [2.75, 3.05) is 32.6 Å². The molecule has 1 aliphatic heterocycles. The molecule has 0 unspecified atom stereocenters. The fraction of sp³-hybridized carbons (Fsp3) is 0.409. The molecule has 1 amide bonds. The first kappa shape index (κ1) is 23.0. The predicted molar refractivity (Wildman–Crippen MR) is 116 cm³/mol. The van der Waals surface area contributed by atoms with E-state index in [9.17, 15) is 17.6 Å². The van der Waals surface area contributed by atoms with Crippen molar-refractivity contribution < 1.29 is 27.1 Å². The molecule has 168 valence electrons. The van der Waals surface area contributed by atoms with E-state index < -0.39 is 21.7 Å². The summed E-state index contributed by atoms with van der Waals surface area (Å²) in [5.41, 5.74) is -0.0951. The zero-order chi connectivity index (χ0) is 22.8. The lowest BCUT2D eigenvalue weighted by Crippen LogP contribution is -2.42. The summed E-state index contributed by atoms with van der Waals surface area (Å²) < 4.78 is 52.5. The summed E-state index contributed by atoms with van der Waals surface area (Å²) in [4.78, 5) is 12.7. The molecular weight excluding hydrogens is 423 g/mol. The molecule has 9 heteroatoms. The van der Waals surface area contributed by atoms with Crippen molar-refractivity contribution in [1.82, 2.24) is 4.31 Å². The van der Waals surface area contributed by atoms with Gasteiger partial charge in [0, 0.05) is 19.2 Å². The SMILES string of the molecule is COc1ccc(OC)c(NC(=O)c2cc(S(=O)(=O)N3C[C@@H](C)C[C@H](C)C3)ccc2F)c1. The number of hydrogen-bond acceptors (Lipinski definition) is 5. The Kier molecular flexibility index (Phi) is 6.86. The fourth-order valence-electron chi connectivity index (χ4n) is 3.89.